The van der Waals surface area contributed by atoms with E-state index in [0.29, 0.717) is 5.82 Å². The van der Waals surface area contributed by atoms with Gasteiger partial charge in [-0.15, -0.1) is 0 Å². The predicted octanol–water partition coefficient (Wildman–Crippen LogP) is 3.72. The quantitative estimate of drug-likeness (QED) is 0.931. The minimum Gasteiger partial charge on any atom is -0.453 e. The summed E-state index contributed by atoms with van der Waals surface area (Å²) in [6, 6.07) is 14.5. The molecule has 3 rings (SSSR count). The van der Waals surface area contributed by atoms with Crippen molar-refractivity contribution in [2.45, 2.75) is 19.3 Å². The van der Waals surface area contributed by atoms with Crippen molar-refractivity contribution in [2.24, 2.45) is 5.92 Å². The second-order valence-corrected chi connectivity index (χ2v) is 6.14. The van der Waals surface area contributed by atoms with Gasteiger partial charge in [0.2, 0.25) is 0 Å². The average Bonchev–Trinajstić information content (AvgIpc) is 2.64. The number of nitrogens with one attached hydrogen (secondary N) is 1. The largest absolute Gasteiger partial charge is 0.453 e. The SMILES string of the molecule is COC(=O)Nc1ccc(N2CCC(Cc3ccccc3)CC2)cn1. The molecule has 0 unspecified atom stereocenters. The lowest BCUT2D eigenvalue weighted by Crippen LogP contribution is -2.34. The Morgan fingerprint density at radius 2 is 1.96 bits per heavy atom. The van der Waals surface area contributed by atoms with Crippen molar-refractivity contribution in [3.8, 4) is 0 Å². The molecule has 0 radical (unpaired) electrons. The summed E-state index contributed by atoms with van der Waals surface area (Å²) < 4.78 is 4.56. The minimum atomic E-state index is -0.503. The summed E-state index contributed by atoms with van der Waals surface area (Å²) >= 11 is 0. The zero-order valence-corrected chi connectivity index (χ0v) is 13.9. The van der Waals surface area contributed by atoms with Gasteiger partial charge in [0.05, 0.1) is 19.0 Å². The molecular formula is C19H23N3O2. The monoisotopic (exact) mass is 325 g/mol. The molecule has 1 saturated heterocycles. The number of methoxy groups -OCH3 is 1. The molecule has 1 fully saturated rings. The van der Waals surface area contributed by atoms with Crippen LogP contribution in [0.5, 0.6) is 0 Å². The molecule has 0 bridgehead atoms. The number of amides is 1. The van der Waals surface area contributed by atoms with Gasteiger partial charge in [0.25, 0.3) is 0 Å². The molecule has 1 aromatic heterocycles. The molecule has 1 N–H and O–H groups in total. The standard InChI is InChI=1S/C19H23N3O2/c1-24-19(23)21-18-8-7-17(14-20-18)22-11-9-16(10-12-22)13-15-5-3-2-4-6-15/h2-8,14,16H,9-13H2,1H3,(H,20,21,23). The number of nitrogens with zero attached hydrogens (tertiary/aromatic N) is 2. The first-order valence-corrected chi connectivity index (χ1v) is 8.34. The molecule has 2 heterocycles. The van der Waals surface area contributed by atoms with Gasteiger partial charge < -0.3 is 9.64 Å². The van der Waals surface area contributed by atoms with Crippen LogP contribution in [0.2, 0.25) is 0 Å². The minimum absolute atomic E-state index is 0.503. The van der Waals surface area contributed by atoms with Crippen molar-refractivity contribution in [3.05, 3.63) is 54.2 Å². The van der Waals surface area contributed by atoms with E-state index in [1.54, 1.807) is 0 Å². The van der Waals surface area contributed by atoms with Crippen LogP contribution in [0.4, 0.5) is 16.3 Å². The molecule has 2 aromatic rings. The lowest BCUT2D eigenvalue weighted by molar-refractivity contribution is 0.187. The Morgan fingerprint density at radius 1 is 1.21 bits per heavy atom. The lowest BCUT2D eigenvalue weighted by Gasteiger charge is -2.33. The summed E-state index contributed by atoms with van der Waals surface area (Å²) in [6.45, 7) is 2.09. The fourth-order valence-electron chi connectivity index (χ4n) is 3.15. The van der Waals surface area contributed by atoms with Gasteiger partial charge in [0, 0.05) is 13.1 Å². The van der Waals surface area contributed by atoms with Gasteiger partial charge in [-0.1, -0.05) is 30.3 Å². The summed E-state index contributed by atoms with van der Waals surface area (Å²) in [6.07, 6.45) is 4.85. The topological polar surface area (TPSA) is 54.5 Å². The van der Waals surface area contributed by atoms with Gasteiger partial charge in [0.15, 0.2) is 0 Å². The van der Waals surface area contributed by atoms with Gasteiger partial charge in [-0.05, 0) is 42.9 Å². The summed E-state index contributed by atoms with van der Waals surface area (Å²) in [5, 5.41) is 2.57. The molecule has 1 aliphatic rings. The van der Waals surface area contributed by atoms with Crippen molar-refractivity contribution in [1.29, 1.82) is 0 Å². The summed E-state index contributed by atoms with van der Waals surface area (Å²) in [4.78, 5) is 17.8. The van der Waals surface area contributed by atoms with Gasteiger partial charge in [-0.25, -0.2) is 9.78 Å². The molecule has 0 aliphatic carbocycles. The first-order valence-electron chi connectivity index (χ1n) is 8.34. The molecular weight excluding hydrogens is 302 g/mol. The Morgan fingerprint density at radius 3 is 2.58 bits per heavy atom. The number of pyridine rings is 1. The molecule has 1 aliphatic heterocycles. The maximum absolute atomic E-state index is 11.2. The Kier molecular flexibility index (Phi) is 5.31. The van der Waals surface area contributed by atoms with Crippen LogP contribution in [0.3, 0.4) is 0 Å². The van der Waals surface area contributed by atoms with E-state index in [2.05, 4.69) is 50.3 Å². The number of rotatable bonds is 4. The molecule has 0 atom stereocenters. The molecule has 126 valence electrons. The van der Waals surface area contributed by atoms with E-state index < -0.39 is 6.09 Å². The van der Waals surface area contributed by atoms with Crippen molar-refractivity contribution in [3.63, 3.8) is 0 Å². The lowest BCUT2D eigenvalue weighted by atomic mass is 9.90. The highest BCUT2D eigenvalue weighted by Crippen LogP contribution is 2.25. The predicted molar refractivity (Wildman–Crippen MR) is 95.3 cm³/mol. The van der Waals surface area contributed by atoms with Crippen LogP contribution in [-0.2, 0) is 11.2 Å². The second kappa shape index (κ2) is 7.81. The van der Waals surface area contributed by atoms with E-state index in [1.165, 1.54) is 25.5 Å². The number of hydrogen-bond acceptors (Lipinski definition) is 4. The Hall–Kier alpha value is -2.56. The maximum atomic E-state index is 11.2. The van der Waals surface area contributed by atoms with E-state index in [1.807, 2.05) is 18.3 Å². The summed E-state index contributed by atoms with van der Waals surface area (Å²) in [5.74, 6) is 1.25. The van der Waals surface area contributed by atoms with Crippen molar-refractivity contribution < 1.29 is 9.53 Å². The van der Waals surface area contributed by atoms with E-state index in [0.717, 1.165) is 31.1 Å². The molecule has 5 heteroatoms. The van der Waals surface area contributed by atoms with Gasteiger partial charge in [-0.3, -0.25) is 5.32 Å². The molecule has 1 amide bonds. The Bertz CT molecular complexity index is 650. The number of carbonyl (C=O) groups is 1. The number of carbonyl (C=O) groups excluding carboxylic acids is 1. The molecule has 24 heavy (non-hydrogen) atoms. The van der Waals surface area contributed by atoms with Crippen LogP contribution in [0.1, 0.15) is 18.4 Å². The maximum Gasteiger partial charge on any atom is 0.412 e. The Balaban J connectivity index is 1.52. The van der Waals surface area contributed by atoms with E-state index in [9.17, 15) is 4.79 Å². The summed E-state index contributed by atoms with van der Waals surface area (Å²) in [5.41, 5.74) is 2.53. The van der Waals surface area contributed by atoms with Gasteiger partial charge in [0.1, 0.15) is 5.82 Å². The van der Waals surface area contributed by atoms with Crippen LogP contribution >= 0.6 is 0 Å². The Labute approximate surface area is 142 Å². The van der Waals surface area contributed by atoms with Crippen molar-refractivity contribution >= 4 is 17.6 Å². The number of piperidine rings is 1. The molecule has 0 spiro atoms. The average molecular weight is 325 g/mol. The smallest absolute Gasteiger partial charge is 0.412 e. The van der Waals surface area contributed by atoms with Crippen molar-refractivity contribution in [1.82, 2.24) is 4.98 Å². The number of benzene rings is 1. The fraction of sp³-hybridized carbons (Fsp3) is 0.368. The zero-order valence-electron chi connectivity index (χ0n) is 13.9. The van der Waals surface area contributed by atoms with Gasteiger partial charge in [-0.2, -0.15) is 0 Å². The molecule has 0 saturated carbocycles. The second-order valence-electron chi connectivity index (χ2n) is 6.14. The van der Waals surface area contributed by atoms with Gasteiger partial charge >= 0.3 is 6.09 Å². The normalized spacial score (nSPS) is 15.1. The fourth-order valence-corrected chi connectivity index (χ4v) is 3.15. The zero-order chi connectivity index (χ0) is 16.8. The molecule has 5 nitrogen and oxygen atoms in total. The van der Waals surface area contributed by atoms with Crippen LogP contribution in [-0.4, -0.2) is 31.3 Å². The van der Waals surface area contributed by atoms with E-state index in [4.69, 9.17) is 0 Å². The third kappa shape index (κ3) is 4.25. The first kappa shape index (κ1) is 16.3. The number of aromatic nitrogens is 1. The highest BCUT2D eigenvalue weighted by molar-refractivity contribution is 5.83. The van der Waals surface area contributed by atoms with Crippen LogP contribution in [0.15, 0.2) is 48.7 Å². The summed E-state index contributed by atoms with van der Waals surface area (Å²) in [7, 11) is 1.34. The first-order chi connectivity index (χ1) is 11.7. The third-order valence-electron chi connectivity index (χ3n) is 4.51. The number of ether oxygens (including phenoxy) is 1. The number of hydrogen-bond donors (Lipinski definition) is 1. The molecule has 1 aromatic carbocycles. The van der Waals surface area contributed by atoms with E-state index in [-0.39, 0.29) is 0 Å². The van der Waals surface area contributed by atoms with Crippen molar-refractivity contribution in [2.75, 3.05) is 30.4 Å². The van der Waals surface area contributed by atoms with Crippen LogP contribution in [0, 0.1) is 5.92 Å². The third-order valence-corrected chi connectivity index (χ3v) is 4.51. The van der Waals surface area contributed by atoms with E-state index >= 15 is 0 Å². The highest BCUT2D eigenvalue weighted by atomic mass is 16.5. The number of anilines is 2. The highest BCUT2D eigenvalue weighted by Gasteiger charge is 2.20. The van der Waals surface area contributed by atoms with Crippen LogP contribution < -0.4 is 10.2 Å². The van der Waals surface area contributed by atoms with Crippen LogP contribution in [0.25, 0.3) is 0 Å².